The fraction of sp³-hybridized carbons (Fsp3) is 0.286. The number of morpholine rings is 1. The molecule has 11 heteroatoms. The Morgan fingerprint density at radius 2 is 1.67 bits per heavy atom. The summed E-state index contributed by atoms with van der Waals surface area (Å²) in [5, 5.41) is 14.0. The Balaban J connectivity index is 1.50. The van der Waals surface area contributed by atoms with Crippen LogP contribution in [0.15, 0.2) is 54.9 Å². The third-order valence-electron chi connectivity index (χ3n) is 7.25. The molecule has 1 fully saturated rings. The summed E-state index contributed by atoms with van der Waals surface area (Å²) in [4.78, 5) is 31.3. The van der Waals surface area contributed by atoms with Gasteiger partial charge in [0.25, 0.3) is 11.8 Å². The highest BCUT2D eigenvalue weighted by Crippen LogP contribution is 2.40. The number of fused-ring (bicyclic) bond motifs is 2. The van der Waals surface area contributed by atoms with E-state index in [-0.39, 0.29) is 28.6 Å². The zero-order valence-electron chi connectivity index (χ0n) is 20.7. The van der Waals surface area contributed by atoms with E-state index >= 15 is 0 Å². The smallest absolute Gasteiger partial charge is 0.390 e. The number of nitrogens with zero attached hydrogens (tertiary/aromatic N) is 2. The monoisotopic (exact) mass is 538 g/mol. The average Bonchev–Trinajstić information content (AvgIpc) is 3.56. The molecule has 4 aromatic rings. The van der Waals surface area contributed by atoms with Crippen molar-refractivity contribution in [2.45, 2.75) is 18.8 Å². The van der Waals surface area contributed by atoms with Gasteiger partial charge in [0.15, 0.2) is 0 Å². The molecule has 6 rings (SSSR count). The van der Waals surface area contributed by atoms with Gasteiger partial charge < -0.3 is 19.4 Å². The molecule has 1 atom stereocenters. The lowest BCUT2D eigenvalue weighted by atomic mass is 9.95. The summed E-state index contributed by atoms with van der Waals surface area (Å²) in [6.45, 7) is 2.93. The molecule has 39 heavy (non-hydrogen) atoms. The second kappa shape index (κ2) is 9.67. The van der Waals surface area contributed by atoms with Crippen LogP contribution in [0.2, 0.25) is 0 Å². The Hall–Kier alpha value is -3.93. The summed E-state index contributed by atoms with van der Waals surface area (Å²) in [6, 6.07) is 10.6. The summed E-state index contributed by atoms with van der Waals surface area (Å²) in [6.07, 6.45) is -2.26. The van der Waals surface area contributed by atoms with Gasteiger partial charge >= 0.3 is 6.18 Å². The minimum absolute atomic E-state index is 0.00417. The first-order chi connectivity index (χ1) is 18.7. The van der Waals surface area contributed by atoms with Crippen LogP contribution in [0.1, 0.15) is 16.7 Å². The number of nitrogens with one attached hydrogen (secondary N) is 2. The molecule has 2 aromatic heterocycles. The second-order valence-electron chi connectivity index (χ2n) is 9.77. The van der Waals surface area contributed by atoms with Gasteiger partial charge in [-0.2, -0.15) is 13.2 Å². The Bertz CT molecular complexity index is 1630. The van der Waals surface area contributed by atoms with Crippen LogP contribution in [0.4, 0.5) is 13.2 Å². The number of carbonyl (C=O) groups is 2. The van der Waals surface area contributed by atoms with E-state index < -0.39 is 29.7 Å². The first-order valence-electron chi connectivity index (χ1n) is 12.6. The average molecular weight is 539 g/mol. The maximum atomic E-state index is 13.7. The number of ether oxygens (including phenoxy) is 1. The van der Waals surface area contributed by atoms with Gasteiger partial charge in [0.05, 0.1) is 36.0 Å². The van der Waals surface area contributed by atoms with E-state index in [1.165, 1.54) is 6.07 Å². The van der Waals surface area contributed by atoms with Gasteiger partial charge in [-0.05, 0) is 24.3 Å². The summed E-state index contributed by atoms with van der Waals surface area (Å²) in [5.74, 6) is -1.31. The molecule has 2 aromatic carbocycles. The Labute approximate surface area is 220 Å². The largest absolute Gasteiger partial charge is 0.416 e. The zero-order chi connectivity index (χ0) is 27.3. The van der Waals surface area contributed by atoms with Crippen LogP contribution in [0, 0.1) is 0 Å². The van der Waals surface area contributed by atoms with Crippen molar-refractivity contribution < 1.29 is 32.6 Å². The highest BCUT2D eigenvalue weighted by Gasteiger charge is 2.36. The maximum absolute atomic E-state index is 13.7. The molecule has 3 N–H and O–H groups in total. The van der Waals surface area contributed by atoms with Crippen molar-refractivity contribution in [2.75, 3.05) is 32.8 Å². The number of aliphatic hydroxyl groups is 1. The number of H-pyrrole nitrogens is 1. The van der Waals surface area contributed by atoms with E-state index in [0.29, 0.717) is 49.3 Å². The van der Waals surface area contributed by atoms with Crippen LogP contribution >= 0.6 is 0 Å². The van der Waals surface area contributed by atoms with Gasteiger partial charge in [-0.1, -0.05) is 18.2 Å². The first-order valence-corrected chi connectivity index (χ1v) is 12.6. The molecule has 0 radical (unpaired) electrons. The predicted octanol–water partition coefficient (Wildman–Crippen LogP) is 3.40. The summed E-state index contributed by atoms with van der Waals surface area (Å²) in [7, 11) is 0. The number of hydrogen-bond donors (Lipinski definition) is 3. The molecule has 0 saturated carbocycles. The molecule has 0 bridgehead atoms. The normalized spacial score (nSPS) is 17.9. The molecule has 4 heterocycles. The molecule has 1 saturated heterocycles. The van der Waals surface area contributed by atoms with E-state index in [1.54, 1.807) is 29.1 Å². The predicted molar refractivity (Wildman–Crippen MR) is 138 cm³/mol. The number of amides is 2. The van der Waals surface area contributed by atoms with Crippen LogP contribution in [0.5, 0.6) is 0 Å². The van der Waals surface area contributed by atoms with Crippen molar-refractivity contribution in [3.8, 4) is 0 Å². The van der Waals surface area contributed by atoms with E-state index in [4.69, 9.17) is 4.74 Å². The Morgan fingerprint density at radius 1 is 0.949 bits per heavy atom. The van der Waals surface area contributed by atoms with Crippen LogP contribution in [0.25, 0.3) is 33.0 Å². The topological polar surface area (TPSA) is 99.6 Å². The number of hydrogen-bond acceptors (Lipinski definition) is 5. The third kappa shape index (κ3) is 4.62. The van der Waals surface area contributed by atoms with E-state index in [1.807, 2.05) is 12.1 Å². The Morgan fingerprint density at radius 3 is 2.41 bits per heavy atom. The summed E-state index contributed by atoms with van der Waals surface area (Å²) in [5.41, 5.74) is 1.04. The van der Waals surface area contributed by atoms with Crippen LogP contribution < -0.4 is 5.32 Å². The second-order valence-corrected chi connectivity index (χ2v) is 9.77. The van der Waals surface area contributed by atoms with Crippen molar-refractivity contribution in [3.63, 3.8) is 0 Å². The van der Waals surface area contributed by atoms with Crippen LogP contribution in [-0.2, 0) is 27.0 Å². The molecular weight excluding hydrogens is 513 g/mol. The SMILES string of the molecule is O=C1NC(=O)C(c2cn(CC(O)CN3CCOCC3)c3ccc(C(F)(F)F)cc23)=C1c1c[nH]c2ccccc12. The lowest BCUT2D eigenvalue weighted by Crippen LogP contribution is -2.41. The first kappa shape index (κ1) is 25.4. The van der Waals surface area contributed by atoms with Crippen molar-refractivity contribution in [1.29, 1.82) is 0 Å². The van der Waals surface area contributed by atoms with Gasteiger partial charge in [-0.25, -0.2) is 0 Å². The molecule has 8 nitrogen and oxygen atoms in total. The quantitative estimate of drug-likeness (QED) is 0.327. The molecule has 1 unspecified atom stereocenters. The molecule has 202 valence electrons. The van der Waals surface area contributed by atoms with Gasteiger partial charge in [0.2, 0.25) is 0 Å². The fourth-order valence-corrected chi connectivity index (χ4v) is 5.44. The summed E-state index contributed by atoms with van der Waals surface area (Å²) >= 11 is 0. The number of carbonyl (C=O) groups excluding carboxylic acids is 2. The van der Waals surface area contributed by atoms with E-state index in [9.17, 15) is 27.9 Å². The molecule has 0 aliphatic carbocycles. The van der Waals surface area contributed by atoms with E-state index in [2.05, 4.69) is 15.2 Å². The van der Waals surface area contributed by atoms with Gasteiger partial charge in [-0.3, -0.25) is 19.8 Å². The Kier molecular flexibility index (Phi) is 6.29. The highest BCUT2D eigenvalue weighted by atomic mass is 19.4. The van der Waals surface area contributed by atoms with Gasteiger partial charge in [0.1, 0.15) is 0 Å². The van der Waals surface area contributed by atoms with Crippen LogP contribution in [0.3, 0.4) is 0 Å². The number of aromatic amines is 1. The number of aliphatic hydroxyl groups excluding tert-OH is 1. The van der Waals surface area contributed by atoms with Gasteiger partial charge in [0, 0.05) is 71.5 Å². The molecule has 2 aliphatic heterocycles. The lowest BCUT2D eigenvalue weighted by Gasteiger charge is -2.28. The maximum Gasteiger partial charge on any atom is 0.416 e. The number of benzene rings is 2. The van der Waals surface area contributed by atoms with E-state index in [0.717, 1.165) is 17.6 Å². The van der Waals surface area contributed by atoms with Crippen molar-refractivity contribution in [1.82, 2.24) is 19.8 Å². The third-order valence-corrected chi connectivity index (χ3v) is 7.25. The number of imide groups is 1. The number of halogens is 3. The lowest BCUT2D eigenvalue weighted by molar-refractivity contribution is -0.137. The fourth-order valence-electron chi connectivity index (χ4n) is 5.44. The zero-order valence-corrected chi connectivity index (χ0v) is 20.7. The molecule has 2 amide bonds. The highest BCUT2D eigenvalue weighted by molar-refractivity contribution is 6.50. The van der Waals surface area contributed by atoms with Crippen molar-refractivity contribution >= 4 is 44.8 Å². The molecule has 2 aliphatic rings. The van der Waals surface area contributed by atoms with Crippen molar-refractivity contribution in [2.24, 2.45) is 0 Å². The minimum atomic E-state index is -4.61. The minimum Gasteiger partial charge on any atom is -0.390 e. The standard InChI is InChI=1S/C28H25F3N4O4/c29-28(30,31)16-5-6-23-19(11-16)21(15-35(23)14-17(36)13-34-7-9-39-10-8-34)25-24(26(37)33-27(25)38)20-12-32-22-4-2-1-3-18(20)22/h1-6,11-12,15,17,32,36H,7-10,13-14H2,(H,33,37,38). The van der Waals surface area contributed by atoms with Crippen LogP contribution in [-0.4, -0.2) is 70.3 Å². The van der Waals surface area contributed by atoms with Gasteiger partial charge in [-0.15, -0.1) is 0 Å². The number of β-amino-alcohol motifs (C(OH)–C–C–N with tert-alkyl or cyclic N) is 1. The molecular formula is C28H25F3N4O4. The number of alkyl halides is 3. The van der Waals surface area contributed by atoms with Crippen molar-refractivity contribution in [3.05, 3.63) is 71.5 Å². The number of rotatable bonds is 6. The molecule has 0 spiro atoms. The summed E-state index contributed by atoms with van der Waals surface area (Å²) < 4.78 is 48.1. The number of aromatic nitrogens is 2. The number of para-hydroxylation sites is 1.